The predicted octanol–water partition coefficient (Wildman–Crippen LogP) is 3.50. The Kier molecular flexibility index (Phi) is 5.61. The molecule has 0 saturated carbocycles. The molecule has 1 heterocycles. The SMILES string of the molecule is CC(C)NCCC(=O)N1CCCC1c1cccc(Br)c1. The fraction of sp³-hybridized carbons (Fsp3) is 0.562. The van der Waals surface area contributed by atoms with Gasteiger partial charge < -0.3 is 10.2 Å². The van der Waals surface area contributed by atoms with E-state index in [1.54, 1.807) is 0 Å². The van der Waals surface area contributed by atoms with Crippen molar-refractivity contribution in [3.63, 3.8) is 0 Å². The van der Waals surface area contributed by atoms with Crippen LogP contribution in [0.2, 0.25) is 0 Å². The number of benzene rings is 1. The summed E-state index contributed by atoms with van der Waals surface area (Å²) in [7, 11) is 0. The Bertz CT molecular complexity index is 462. The quantitative estimate of drug-likeness (QED) is 0.891. The molecule has 1 aromatic carbocycles. The topological polar surface area (TPSA) is 32.3 Å². The molecule has 20 heavy (non-hydrogen) atoms. The van der Waals surface area contributed by atoms with Gasteiger partial charge in [0.05, 0.1) is 6.04 Å². The molecular formula is C16H23BrN2O. The molecule has 1 N–H and O–H groups in total. The molecule has 1 fully saturated rings. The van der Waals surface area contributed by atoms with Crippen LogP contribution in [0.5, 0.6) is 0 Å². The molecular weight excluding hydrogens is 316 g/mol. The summed E-state index contributed by atoms with van der Waals surface area (Å²) in [4.78, 5) is 14.4. The van der Waals surface area contributed by atoms with E-state index in [9.17, 15) is 4.79 Å². The summed E-state index contributed by atoms with van der Waals surface area (Å²) >= 11 is 3.51. The van der Waals surface area contributed by atoms with E-state index in [1.165, 1.54) is 5.56 Å². The monoisotopic (exact) mass is 338 g/mol. The van der Waals surface area contributed by atoms with Crippen molar-refractivity contribution in [2.45, 2.75) is 45.2 Å². The summed E-state index contributed by atoms with van der Waals surface area (Å²) in [6, 6.07) is 9.00. The number of halogens is 1. The zero-order chi connectivity index (χ0) is 14.5. The third kappa shape index (κ3) is 4.06. The molecule has 1 aliphatic rings. The Hall–Kier alpha value is -0.870. The van der Waals surface area contributed by atoms with Gasteiger partial charge in [0.1, 0.15) is 0 Å². The van der Waals surface area contributed by atoms with Crippen LogP contribution >= 0.6 is 15.9 Å². The van der Waals surface area contributed by atoms with Crippen molar-refractivity contribution in [3.8, 4) is 0 Å². The largest absolute Gasteiger partial charge is 0.336 e. The average molecular weight is 339 g/mol. The molecule has 1 saturated heterocycles. The van der Waals surface area contributed by atoms with Crippen molar-refractivity contribution in [2.75, 3.05) is 13.1 Å². The lowest BCUT2D eigenvalue weighted by Gasteiger charge is -2.25. The number of carbonyl (C=O) groups excluding carboxylic acids is 1. The Morgan fingerprint density at radius 2 is 2.30 bits per heavy atom. The van der Waals surface area contributed by atoms with E-state index < -0.39 is 0 Å². The van der Waals surface area contributed by atoms with E-state index in [4.69, 9.17) is 0 Å². The second-order valence-corrected chi connectivity index (χ2v) is 6.57. The first-order valence-electron chi connectivity index (χ1n) is 7.36. The van der Waals surface area contributed by atoms with Crippen molar-refractivity contribution in [1.82, 2.24) is 10.2 Å². The molecule has 4 heteroatoms. The van der Waals surface area contributed by atoms with Crippen LogP contribution in [-0.4, -0.2) is 29.9 Å². The molecule has 0 aromatic heterocycles. The molecule has 1 amide bonds. The third-order valence-electron chi connectivity index (χ3n) is 3.70. The van der Waals surface area contributed by atoms with Gasteiger partial charge in [-0.05, 0) is 30.5 Å². The number of nitrogens with zero attached hydrogens (tertiary/aromatic N) is 1. The van der Waals surface area contributed by atoms with Crippen LogP contribution in [0.3, 0.4) is 0 Å². The summed E-state index contributed by atoms with van der Waals surface area (Å²) in [6.07, 6.45) is 2.75. The number of amides is 1. The van der Waals surface area contributed by atoms with Gasteiger partial charge in [-0.1, -0.05) is 41.9 Å². The zero-order valence-corrected chi connectivity index (χ0v) is 13.8. The highest BCUT2D eigenvalue weighted by Crippen LogP contribution is 2.33. The molecule has 110 valence electrons. The Balaban J connectivity index is 1.98. The minimum Gasteiger partial charge on any atom is -0.336 e. The van der Waals surface area contributed by atoms with E-state index in [1.807, 2.05) is 17.0 Å². The highest BCUT2D eigenvalue weighted by atomic mass is 79.9. The number of rotatable bonds is 5. The number of hydrogen-bond donors (Lipinski definition) is 1. The molecule has 0 radical (unpaired) electrons. The Labute approximate surface area is 129 Å². The highest BCUT2D eigenvalue weighted by molar-refractivity contribution is 9.10. The normalized spacial score (nSPS) is 18.8. The van der Waals surface area contributed by atoms with Gasteiger partial charge in [0, 0.05) is 30.0 Å². The molecule has 0 aliphatic carbocycles. The van der Waals surface area contributed by atoms with Gasteiger partial charge in [0.2, 0.25) is 5.91 Å². The predicted molar refractivity (Wildman–Crippen MR) is 85.6 cm³/mol. The van der Waals surface area contributed by atoms with Crippen LogP contribution in [0.15, 0.2) is 28.7 Å². The second kappa shape index (κ2) is 7.23. The maximum absolute atomic E-state index is 12.4. The first kappa shape index (κ1) is 15.5. The molecule has 1 aromatic rings. The maximum atomic E-state index is 12.4. The van der Waals surface area contributed by atoms with E-state index in [2.05, 4.69) is 47.2 Å². The lowest BCUT2D eigenvalue weighted by Crippen LogP contribution is -2.34. The highest BCUT2D eigenvalue weighted by Gasteiger charge is 2.29. The second-order valence-electron chi connectivity index (χ2n) is 5.66. The fourth-order valence-electron chi connectivity index (χ4n) is 2.74. The standard InChI is InChI=1S/C16H23BrN2O/c1-12(2)18-9-8-16(20)19-10-4-7-15(19)13-5-3-6-14(17)11-13/h3,5-6,11-12,15,18H,4,7-10H2,1-2H3. The van der Waals surface area contributed by atoms with E-state index in [0.717, 1.165) is 30.4 Å². The average Bonchev–Trinajstić information content (AvgIpc) is 2.87. The Morgan fingerprint density at radius 1 is 1.50 bits per heavy atom. The lowest BCUT2D eigenvalue weighted by molar-refractivity contribution is -0.132. The van der Waals surface area contributed by atoms with Gasteiger partial charge in [-0.15, -0.1) is 0 Å². The van der Waals surface area contributed by atoms with Gasteiger partial charge >= 0.3 is 0 Å². The van der Waals surface area contributed by atoms with Crippen LogP contribution in [-0.2, 0) is 4.79 Å². The smallest absolute Gasteiger partial charge is 0.224 e. The summed E-state index contributed by atoms with van der Waals surface area (Å²) in [5, 5.41) is 3.31. The van der Waals surface area contributed by atoms with Gasteiger partial charge in [0.25, 0.3) is 0 Å². The molecule has 1 unspecified atom stereocenters. The summed E-state index contributed by atoms with van der Waals surface area (Å²) < 4.78 is 1.08. The van der Waals surface area contributed by atoms with Gasteiger partial charge in [0.15, 0.2) is 0 Å². The molecule has 1 aliphatic heterocycles. The molecule has 0 spiro atoms. The summed E-state index contributed by atoms with van der Waals surface area (Å²) in [5.41, 5.74) is 1.24. The first-order valence-corrected chi connectivity index (χ1v) is 8.15. The third-order valence-corrected chi connectivity index (χ3v) is 4.19. The van der Waals surface area contributed by atoms with Crippen LogP contribution < -0.4 is 5.32 Å². The van der Waals surface area contributed by atoms with Crippen LogP contribution in [0.4, 0.5) is 0 Å². The summed E-state index contributed by atoms with van der Waals surface area (Å²) in [6.45, 7) is 5.85. The van der Waals surface area contributed by atoms with Gasteiger partial charge in [-0.3, -0.25) is 4.79 Å². The van der Waals surface area contributed by atoms with E-state index in [0.29, 0.717) is 12.5 Å². The number of nitrogens with one attached hydrogen (secondary N) is 1. The maximum Gasteiger partial charge on any atom is 0.224 e. The zero-order valence-electron chi connectivity index (χ0n) is 12.2. The molecule has 1 atom stereocenters. The van der Waals surface area contributed by atoms with Gasteiger partial charge in [-0.2, -0.15) is 0 Å². The molecule has 3 nitrogen and oxygen atoms in total. The first-order chi connectivity index (χ1) is 9.58. The number of carbonyl (C=O) groups is 1. The van der Waals surface area contributed by atoms with Crippen molar-refractivity contribution < 1.29 is 4.79 Å². The number of hydrogen-bond acceptors (Lipinski definition) is 2. The van der Waals surface area contributed by atoms with Crippen molar-refractivity contribution in [1.29, 1.82) is 0 Å². The Morgan fingerprint density at radius 3 is 3.00 bits per heavy atom. The van der Waals surface area contributed by atoms with E-state index in [-0.39, 0.29) is 11.9 Å². The van der Waals surface area contributed by atoms with Gasteiger partial charge in [-0.25, -0.2) is 0 Å². The number of likely N-dealkylation sites (tertiary alicyclic amines) is 1. The summed E-state index contributed by atoms with van der Waals surface area (Å²) in [5.74, 6) is 0.264. The van der Waals surface area contributed by atoms with Crippen LogP contribution in [0.1, 0.15) is 44.7 Å². The van der Waals surface area contributed by atoms with Crippen LogP contribution in [0, 0.1) is 0 Å². The van der Waals surface area contributed by atoms with Crippen molar-refractivity contribution in [2.24, 2.45) is 0 Å². The van der Waals surface area contributed by atoms with E-state index >= 15 is 0 Å². The fourth-order valence-corrected chi connectivity index (χ4v) is 3.15. The van der Waals surface area contributed by atoms with Crippen LogP contribution in [0.25, 0.3) is 0 Å². The molecule has 2 rings (SSSR count). The van der Waals surface area contributed by atoms with Crippen molar-refractivity contribution >= 4 is 21.8 Å². The minimum atomic E-state index is 0.249. The molecule has 0 bridgehead atoms. The lowest BCUT2D eigenvalue weighted by atomic mass is 10.0. The minimum absolute atomic E-state index is 0.249. The van der Waals surface area contributed by atoms with Crippen molar-refractivity contribution in [3.05, 3.63) is 34.3 Å².